The number of nitrogens with one attached hydrogen (secondary N) is 2. The Morgan fingerprint density at radius 1 is 1.24 bits per heavy atom. The van der Waals surface area contributed by atoms with Crippen LogP contribution in [0.4, 0.5) is 15.0 Å². The van der Waals surface area contributed by atoms with Crippen molar-refractivity contribution in [2.24, 2.45) is 5.41 Å². The van der Waals surface area contributed by atoms with Crippen molar-refractivity contribution in [2.75, 3.05) is 19.0 Å². The molecule has 3 rings (SSSR count). The lowest BCUT2D eigenvalue weighted by Gasteiger charge is -2.52. The molecule has 1 aliphatic rings. The fourth-order valence-electron chi connectivity index (χ4n) is 3.97. The molecule has 34 heavy (non-hydrogen) atoms. The van der Waals surface area contributed by atoms with Gasteiger partial charge in [-0.2, -0.15) is 0 Å². The second kappa shape index (κ2) is 9.18. The maximum absolute atomic E-state index is 13.5. The normalized spacial score (nSPS) is 18.2. The van der Waals surface area contributed by atoms with Gasteiger partial charge in [-0.15, -0.1) is 0 Å². The van der Waals surface area contributed by atoms with E-state index < -0.39 is 45.3 Å². The Morgan fingerprint density at radius 3 is 2.47 bits per heavy atom. The number of hydrogen-bond donors (Lipinski definition) is 3. The topological polar surface area (TPSA) is 138 Å². The number of halogens is 1. The predicted molar refractivity (Wildman–Crippen MR) is 122 cm³/mol. The van der Waals surface area contributed by atoms with Gasteiger partial charge in [-0.25, -0.2) is 27.3 Å². The molecule has 3 N–H and O–H groups in total. The van der Waals surface area contributed by atoms with Gasteiger partial charge in [-0.3, -0.25) is 4.79 Å². The van der Waals surface area contributed by atoms with Crippen molar-refractivity contribution < 1.29 is 32.2 Å². The van der Waals surface area contributed by atoms with Crippen LogP contribution in [0.3, 0.4) is 0 Å². The Morgan fingerprint density at radius 2 is 1.91 bits per heavy atom. The zero-order valence-corrected chi connectivity index (χ0v) is 20.2. The number of carboxylic acid groups (broad SMARTS) is 1. The number of likely N-dealkylation sites (tertiary alicyclic amines) is 1. The minimum Gasteiger partial charge on any atom is -0.496 e. The molecule has 10 nitrogen and oxygen atoms in total. The number of rotatable bonds is 6. The summed E-state index contributed by atoms with van der Waals surface area (Å²) in [5.74, 6) is -1.00. The summed E-state index contributed by atoms with van der Waals surface area (Å²) in [4.78, 5) is 29.3. The van der Waals surface area contributed by atoms with Crippen molar-refractivity contribution in [3.05, 3.63) is 47.4 Å². The van der Waals surface area contributed by atoms with E-state index in [2.05, 4.69) is 15.0 Å². The number of benzene rings is 1. The molecule has 2 unspecified atom stereocenters. The maximum atomic E-state index is 13.5. The van der Waals surface area contributed by atoms with E-state index in [1.807, 2.05) is 20.8 Å². The molecule has 1 aromatic heterocycles. The van der Waals surface area contributed by atoms with Crippen molar-refractivity contribution >= 4 is 27.8 Å². The number of pyridine rings is 1. The summed E-state index contributed by atoms with van der Waals surface area (Å²) in [6, 6.07) is 5.04. The van der Waals surface area contributed by atoms with Crippen LogP contribution in [-0.4, -0.2) is 61.1 Å². The number of carbonyl (C=O) groups is 2. The first-order valence-electron chi connectivity index (χ1n) is 10.4. The molecule has 12 heteroatoms. The third-order valence-electron chi connectivity index (χ3n) is 5.54. The lowest BCUT2D eigenvalue weighted by molar-refractivity contribution is -0.00437. The number of anilines is 1. The lowest BCUT2D eigenvalue weighted by atomic mass is 9.76. The van der Waals surface area contributed by atoms with E-state index in [4.69, 9.17) is 4.74 Å². The molecule has 0 bridgehead atoms. The fraction of sp³-hybridized carbons (Fsp3) is 0.409. The van der Waals surface area contributed by atoms with Gasteiger partial charge < -0.3 is 20.1 Å². The highest BCUT2D eigenvalue weighted by molar-refractivity contribution is 7.89. The van der Waals surface area contributed by atoms with Crippen LogP contribution < -0.4 is 14.8 Å². The minimum atomic E-state index is -4.10. The second-order valence-corrected chi connectivity index (χ2v) is 10.8. The smallest absolute Gasteiger partial charge is 0.407 e. The zero-order chi connectivity index (χ0) is 25.4. The Kier molecular flexibility index (Phi) is 6.85. The van der Waals surface area contributed by atoms with Crippen molar-refractivity contribution in [3.63, 3.8) is 0 Å². The van der Waals surface area contributed by atoms with E-state index in [1.54, 1.807) is 0 Å². The van der Waals surface area contributed by atoms with Crippen molar-refractivity contribution in [1.82, 2.24) is 14.6 Å². The van der Waals surface area contributed by atoms with E-state index >= 15 is 0 Å². The number of methoxy groups -OCH3 is 1. The van der Waals surface area contributed by atoms with Gasteiger partial charge in [0.15, 0.2) is 0 Å². The van der Waals surface area contributed by atoms with Crippen LogP contribution in [0, 0.1) is 18.2 Å². The Hall–Kier alpha value is -3.25. The standard InChI is InChI=1S/C22H27FN4O6S/c1-12-15(23)7-9-18(24-12)25-20(28)14-10-13(6-8-17(14)33-5)34(31,32)26-16-11-27(21(29)30)19(16)22(2,3)4/h6-10,16,19,26H,11H2,1-5H3,(H,29,30)(H,24,25,28). The number of hydrogen-bond acceptors (Lipinski definition) is 6. The molecule has 1 fully saturated rings. The van der Waals surface area contributed by atoms with Crippen LogP contribution in [0.5, 0.6) is 5.75 Å². The average molecular weight is 495 g/mol. The van der Waals surface area contributed by atoms with Crippen LogP contribution >= 0.6 is 0 Å². The molecule has 1 saturated heterocycles. The number of carbonyl (C=O) groups excluding carboxylic acids is 1. The van der Waals surface area contributed by atoms with E-state index in [-0.39, 0.29) is 34.3 Å². The SMILES string of the molecule is COc1ccc(S(=O)(=O)NC2CN(C(=O)O)C2C(C)(C)C)cc1C(=O)Nc1ccc(F)c(C)n1. The first-order chi connectivity index (χ1) is 15.7. The summed E-state index contributed by atoms with van der Waals surface area (Å²) in [6.45, 7) is 6.94. The van der Waals surface area contributed by atoms with Crippen molar-refractivity contribution in [2.45, 2.75) is 44.7 Å². The molecule has 2 amide bonds. The number of ether oxygens (including phenoxy) is 1. The summed E-state index contributed by atoms with van der Waals surface area (Å²) >= 11 is 0. The van der Waals surface area contributed by atoms with Crippen LogP contribution in [0.1, 0.15) is 36.8 Å². The molecule has 2 atom stereocenters. The van der Waals surface area contributed by atoms with Crippen molar-refractivity contribution in [1.29, 1.82) is 0 Å². The molecule has 0 radical (unpaired) electrons. The molecule has 1 aliphatic heterocycles. The lowest BCUT2D eigenvalue weighted by Crippen LogP contribution is -2.71. The molecule has 184 valence electrons. The highest BCUT2D eigenvalue weighted by atomic mass is 32.2. The van der Waals surface area contributed by atoms with E-state index in [0.717, 1.165) is 12.1 Å². The van der Waals surface area contributed by atoms with Crippen molar-refractivity contribution in [3.8, 4) is 5.75 Å². The number of amides is 2. The highest BCUT2D eigenvalue weighted by Crippen LogP contribution is 2.35. The Balaban J connectivity index is 1.87. The summed E-state index contributed by atoms with van der Waals surface area (Å²) in [6.07, 6.45) is -1.12. The van der Waals surface area contributed by atoms with Gasteiger partial charge in [0.05, 0.1) is 35.3 Å². The van der Waals surface area contributed by atoms with Crippen LogP contribution in [0.15, 0.2) is 35.2 Å². The van der Waals surface area contributed by atoms with Gasteiger partial charge in [-0.1, -0.05) is 20.8 Å². The number of nitrogens with zero attached hydrogens (tertiary/aromatic N) is 2. The average Bonchev–Trinajstić information content (AvgIpc) is 2.71. The van der Waals surface area contributed by atoms with Crippen LogP contribution in [0.2, 0.25) is 0 Å². The van der Waals surface area contributed by atoms with Gasteiger partial charge in [0.2, 0.25) is 10.0 Å². The first-order valence-corrected chi connectivity index (χ1v) is 11.9. The second-order valence-electron chi connectivity index (χ2n) is 9.05. The van der Waals surface area contributed by atoms with Crippen LogP contribution in [-0.2, 0) is 10.0 Å². The molecule has 2 heterocycles. The highest BCUT2D eigenvalue weighted by Gasteiger charge is 2.49. The van der Waals surface area contributed by atoms with Gasteiger partial charge in [-0.05, 0) is 42.7 Å². The minimum absolute atomic E-state index is 0.00951. The largest absolute Gasteiger partial charge is 0.496 e. The summed E-state index contributed by atoms with van der Waals surface area (Å²) in [5, 5.41) is 11.9. The molecule has 0 aliphatic carbocycles. The van der Waals surface area contributed by atoms with E-state index in [1.165, 1.54) is 37.1 Å². The van der Waals surface area contributed by atoms with Gasteiger partial charge >= 0.3 is 6.09 Å². The fourth-order valence-corrected chi connectivity index (χ4v) is 5.23. The van der Waals surface area contributed by atoms with Gasteiger partial charge in [0.1, 0.15) is 17.4 Å². The molecular weight excluding hydrogens is 467 g/mol. The Bertz CT molecular complexity index is 1230. The molecule has 2 aromatic rings. The van der Waals surface area contributed by atoms with Crippen LogP contribution in [0.25, 0.3) is 0 Å². The maximum Gasteiger partial charge on any atom is 0.407 e. The monoisotopic (exact) mass is 494 g/mol. The van der Waals surface area contributed by atoms with E-state index in [0.29, 0.717) is 0 Å². The Labute approximate surface area is 197 Å². The summed E-state index contributed by atoms with van der Waals surface area (Å²) in [5.41, 5.74) is -0.480. The van der Waals surface area contributed by atoms with E-state index in [9.17, 15) is 27.5 Å². The number of aryl methyl sites for hydroxylation is 1. The third kappa shape index (κ3) is 5.12. The zero-order valence-electron chi connectivity index (χ0n) is 19.4. The molecule has 1 aromatic carbocycles. The first kappa shape index (κ1) is 25.4. The summed E-state index contributed by atoms with van der Waals surface area (Å²) < 4.78 is 47.4. The predicted octanol–water partition coefficient (Wildman–Crippen LogP) is 2.85. The number of aromatic nitrogens is 1. The van der Waals surface area contributed by atoms with Gasteiger partial charge in [0.25, 0.3) is 5.91 Å². The summed E-state index contributed by atoms with van der Waals surface area (Å²) in [7, 11) is -2.76. The molecule has 0 spiro atoms. The van der Waals surface area contributed by atoms with Gasteiger partial charge in [0, 0.05) is 6.54 Å². The third-order valence-corrected chi connectivity index (χ3v) is 7.03. The quantitative estimate of drug-likeness (QED) is 0.561. The molecular formula is C22H27FN4O6S. The molecule has 0 saturated carbocycles. The number of sulfonamides is 1.